The van der Waals surface area contributed by atoms with Crippen LogP contribution in [0, 0.1) is 6.92 Å². The molecule has 18 heavy (non-hydrogen) atoms. The fourth-order valence-electron chi connectivity index (χ4n) is 1.84. The third kappa shape index (κ3) is 2.77. The molecule has 2 aromatic carbocycles. The Morgan fingerprint density at radius 1 is 0.889 bits per heavy atom. The van der Waals surface area contributed by atoms with Gasteiger partial charge in [0.2, 0.25) is 0 Å². The van der Waals surface area contributed by atoms with E-state index < -0.39 is 0 Å². The number of hydrogen-bond donors (Lipinski definition) is 0. The number of oxime groups is 1. The highest BCUT2D eigenvalue weighted by molar-refractivity contribution is 5.98. The molecule has 0 radical (unpaired) electrons. The van der Waals surface area contributed by atoms with Gasteiger partial charge in [-0.25, -0.2) is 0 Å². The summed E-state index contributed by atoms with van der Waals surface area (Å²) < 4.78 is 0. The molecular formula is C16H17NO. The quantitative estimate of drug-likeness (QED) is 0.585. The van der Waals surface area contributed by atoms with Gasteiger partial charge in [0.25, 0.3) is 0 Å². The maximum atomic E-state index is 4.77. The third-order valence-corrected chi connectivity index (χ3v) is 2.92. The van der Waals surface area contributed by atoms with Crippen molar-refractivity contribution in [3.63, 3.8) is 0 Å². The van der Waals surface area contributed by atoms with Crippen molar-refractivity contribution in [1.82, 2.24) is 0 Å². The molecule has 2 aromatic rings. The first-order valence-electron chi connectivity index (χ1n) is 5.96. The van der Waals surface area contributed by atoms with Gasteiger partial charge < -0.3 is 4.84 Å². The Morgan fingerprint density at radius 2 is 1.39 bits per heavy atom. The second-order valence-electron chi connectivity index (χ2n) is 4.30. The average Bonchev–Trinajstić information content (AvgIpc) is 2.40. The van der Waals surface area contributed by atoms with Crippen molar-refractivity contribution in [3.8, 4) is 11.1 Å². The van der Waals surface area contributed by atoms with Crippen molar-refractivity contribution in [3.05, 3.63) is 59.7 Å². The summed E-state index contributed by atoms with van der Waals surface area (Å²) in [6.45, 7) is 4.03. The van der Waals surface area contributed by atoms with Crippen LogP contribution < -0.4 is 0 Å². The molecule has 0 aliphatic heterocycles. The lowest BCUT2D eigenvalue weighted by Gasteiger charge is -2.04. The van der Waals surface area contributed by atoms with Crippen LogP contribution in [-0.4, -0.2) is 12.8 Å². The largest absolute Gasteiger partial charge is 0.399 e. The molecule has 2 rings (SSSR count). The van der Waals surface area contributed by atoms with Crippen LogP contribution in [0.2, 0.25) is 0 Å². The summed E-state index contributed by atoms with van der Waals surface area (Å²) in [6.07, 6.45) is 0. The first-order valence-corrected chi connectivity index (χ1v) is 5.96. The minimum atomic E-state index is 0.882. The molecule has 0 unspecified atom stereocenters. The Hall–Kier alpha value is -2.09. The van der Waals surface area contributed by atoms with Crippen LogP contribution in [0.3, 0.4) is 0 Å². The fourth-order valence-corrected chi connectivity index (χ4v) is 1.84. The molecule has 2 heteroatoms. The lowest BCUT2D eigenvalue weighted by molar-refractivity contribution is 0.213. The third-order valence-electron chi connectivity index (χ3n) is 2.92. The van der Waals surface area contributed by atoms with Gasteiger partial charge in [0, 0.05) is 0 Å². The summed E-state index contributed by atoms with van der Waals surface area (Å²) in [4.78, 5) is 4.77. The summed E-state index contributed by atoms with van der Waals surface area (Å²) in [5.74, 6) is 0. The SMILES string of the molecule is CO/N=C(/C)c1ccc(-c2ccc(C)cc2)cc1. The Labute approximate surface area is 108 Å². The smallest absolute Gasteiger partial charge is 0.106 e. The van der Waals surface area contributed by atoms with E-state index >= 15 is 0 Å². The van der Waals surface area contributed by atoms with E-state index in [2.05, 4.69) is 60.6 Å². The van der Waals surface area contributed by atoms with Crippen molar-refractivity contribution < 1.29 is 4.84 Å². The molecule has 2 nitrogen and oxygen atoms in total. The molecule has 0 atom stereocenters. The molecule has 0 amide bonds. The number of nitrogens with zero attached hydrogens (tertiary/aromatic N) is 1. The highest BCUT2D eigenvalue weighted by atomic mass is 16.6. The molecule has 0 aliphatic rings. The first-order chi connectivity index (χ1) is 8.70. The topological polar surface area (TPSA) is 21.6 Å². The van der Waals surface area contributed by atoms with Gasteiger partial charge >= 0.3 is 0 Å². The zero-order chi connectivity index (χ0) is 13.0. The van der Waals surface area contributed by atoms with Crippen LogP contribution in [0.1, 0.15) is 18.1 Å². The van der Waals surface area contributed by atoms with E-state index in [0.29, 0.717) is 0 Å². The molecule has 0 aromatic heterocycles. The van der Waals surface area contributed by atoms with Crippen molar-refractivity contribution in [2.75, 3.05) is 7.11 Å². The highest BCUT2D eigenvalue weighted by Gasteiger charge is 2.00. The Balaban J connectivity index is 2.27. The van der Waals surface area contributed by atoms with Gasteiger partial charge in [-0.2, -0.15) is 0 Å². The van der Waals surface area contributed by atoms with E-state index in [4.69, 9.17) is 4.84 Å². The van der Waals surface area contributed by atoms with Gasteiger partial charge in [0.15, 0.2) is 0 Å². The number of rotatable bonds is 3. The molecule has 0 spiro atoms. The molecule has 0 bridgehead atoms. The predicted molar refractivity (Wildman–Crippen MR) is 75.8 cm³/mol. The normalized spacial score (nSPS) is 11.4. The van der Waals surface area contributed by atoms with Crippen LogP contribution in [0.25, 0.3) is 11.1 Å². The lowest BCUT2D eigenvalue weighted by atomic mass is 10.0. The summed E-state index contributed by atoms with van der Waals surface area (Å²) in [7, 11) is 1.56. The van der Waals surface area contributed by atoms with Crippen molar-refractivity contribution in [1.29, 1.82) is 0 Å². The van der Waals surface area contributed by atoms with Crippen LogP contribution in [0.15, 0.2) is 53.7 Å². The van der Waals surface area contributed by atoms with Crippen LogP contribution in [0.4, 0.5) is 0 Å². The summed E-state index contributed by atoms with van der Waals surface area (Å²) in [6, 6.07) is 16.9. The monoisotopic (exact) mass is 239 g/mol. The highest BCUT2D eigenvalue weighted by Crippen LogP contribution is 2.20. The predicted octanol–water partition coefficient (Wildman–Crippen LogP) is 4.03. The maximum absolute atomic E-state index is 4.77. The number of aryl methyl sites for hydroxylation is 1. The Bertz CT molecular complexity index is 538. The van der Waals surface area contributed by atoms with E-state index in [1.54, 1.807) is 7.11 Å². The lowest BCUT2D eigenvalue weighted by Crippen LogP contribution is -1.94. The van der Waals surface area contributed by atoms with Gasteiger partial charge in [-0.3, -0.25) is 0 Å². The molecular weight excluding hydrogens is 222 g/mol. The van der Waals surface area contributed by atoms with Crippen molar-refractivity contribution in [2.24, 2.45) is 5.16 Å². The summed E-state index contributed by atoms with van der Waals surface area (Å²) >= 11 is 0. The van der Waals surface area contributed by atoms with Gasteiger partial charge in [0.1, 0.15) is 7.11 Å². The van der Waals surface area contributed by atoms with Crippen molar-refractivity contribution in [2.45, 2.75) is 13.8 Å². The number of benzene rings is 2. The average molecular weight is 239 g/mol. The van der Waals surface area contributed by atoms with E-state index in [0.717, 1.165) is 11.3 Å². The van der Waals surface area contributed by atoms with E-state index in [-0.39, 0.29) is 0 Å². The first kappa shape index (κ1) is 12.4. The minimum Gasteiger partial charge on any atom is -0.399 e. The standard InChI is InChI=1S/C16H17NO/c1-12-4-6-15(7-5-12)16-10-8-14(9-11-16)13(2)17-18-3/h4-11H,1-3H3/b17-13-. The van der Waals surface area contributed by atoms with E-state index in [9.17, 15) is 0 Å². The Morgan fingerprint density at radius 3 is 1.89 bits per heavy atom. The maximum Gasteiger partial charge on any atom is 0.106 e. The van der Waals surface area contributed by atoms with Crippen LogP contribution in [0.5, 0.6) is 0 Å². The van der Waals surface area contributed by atoms with E-state index in [1.807, 2.05) is 6.92 Å². The summed E-state index contributed by atoms with van der Waals surface area (Å²) in [5.41, 5.74) is 5.68. The second kappa shape index (κ2) is 5.50. The Kier molecular flexibility index (Phi) is 3.78. The van der Waals surface area contributed by atoms with Gasteiger partial charge in [-0.15, -0.1) is 0 Å². The minimum absolute atomic E-state index is 0.882. The van der Waals surface area contributed by atoms with Crippen LogP contribution >= 0.6 is 0 Å². The molecule has 0 N–H and O–H groups in total. The van der Waals surface area contributed by atoms with E-state index in [1.165, 1.54) is 16.7 Å². The zero-order valence-electron chi connectivity index (χ0n) is 11.0. The van der Waals surface area contributed by atoms with Gasteiger partial charge in [-0.1, -0.05) is 59.3 Å². The fraction of sp³-hybridized carbons (Fsp3) is 0.188. The molecule has 0 saturated carbocycles. The molecule has 92 valence electrons. The van der Waals surface area contributed by atoms with Crippen molar-refractivity contribution >= 4 is 5.71 Å². The van der Waals surface area contributed by atoms with Crippen LogP contribution in [-0.2, 0) is 4.84 Å². The molecule has 0 fully saturated rings. The zero-order valence-corrected chi connectivity index (χ0v) is 11.0. The molecule has 0 aliphatic carbocycles. The molecule has 0 saturated heterocycles. The van der Waals surface area contributed by atoms with Gasteiger partial charge in [0.05, 0.1) is 5.71 Å². The second-order valence-corrected chi connectivity index (χ2v) is 4.30. The molecule has 0 heterocycles. The summed E-state index contributed by atoms with van der Waals surface area (Å²) in [5, 5.41) is 3.93. The number of hydrogen-bond acceptors (Lipinski definition) is 2. The van der Waals surface area contributed by atoms with Gasteiger partial charge in [-0.05, 0) is 30.5 Å².